The van der Waals surface area contributed by atoms with Crippen LogP contribution < -0.4 is 10.0 Å². The van der Waals surface area contributed by atoms with Crippen molar-refractivity contribution in [3.8, 4) is 0 Å². The second kappa shape index (κ2) is 9.71. The van der Waals surface area contributed by atoms with E-state index < -0.39 is 16.1 Å². The highest BCUT2D eigenvalue weighted by Gasteiger charge is 2.21. The fourth-order valence-electron chi connectivity index (χ4n) is 3.12. The van der Waals surface area contributed by atoms with Gasteiger partial charge in [0.15, 0.2) is 0 Å². The molecular weight excluding hydrogens is 352 g/mol. The van der Waals surface area contributed by atoms with E-state index in [0.29, 0.717) is 12.8 Å². The monoisotopic (exact) mass is 380 g/mol. The second-order valence-corrected chi connectivity index (χ2v) is 8.56. The lowest BCUT2D eigenvalue weighted by Crippen LogP contribution is -2.45. The number of urea groups is 1. The summed E-state index contributed by atoms with van der Waals surface area (Å²) in [5, 5.41) is 2.73. The average molecular weight is 381 g/mol. The van der Waals surface area contributed by atoms with Gasteiger partial charge in [0.25, 0.3) is 10.0 Å². The van der Waals surface area contributed by atoms with Crippen LogP contribution in [0.4, 0.5) is 4.79 Å². The summed E-state index contributed by atoms with van der Waals surface area (Å²) in [4.78, 5) is 23.8. The number of carbonyl (C=O) groups excluding carboxylic acids is 2. The van der Waals surface area contributed by atoms with Gasteiger partial charge in [-0.2, -0.15) is 0 Å². The molecule has 2 amide bonds. The molecule has 1 saturated carbocycles. The second-order valence-electron chi connectivity index (χ2n) is 6.88. The van der Waals surface area contributed by atoms with Crippen LogP contribution >= 0.6 is 0 Å². The summed E-state index contributed by atoms with van der Waals surface area (Å²) < 4.78 is 26.7. The number of carbonyl (C=O) groups is 2. The third kappa shape index (κ3) is 6.44. The molecule has 26 heavy (non-hydrogen) atoms. The molecule has 2 rings (SSSR count). The fraction of sp³-hybridized carbons (Fsp3) is 0.579. The van der Waals surface area contributed by atoms with Crippen LogP contribution in [0.3, 0.4) is 0 Å². The Morgan fingerprint density at radius 1 is 1.08 bits per heavy atom. The first kappa shape index (κ1) is 20.4. The molecule has 0 saturated heterocycles. The molecule has 1 aromatic carbocycles. The van der Waals surface area contributed by atoms with Gasteiger partial charge in [-0.15, -0.1) is 0 Å². The van der Waals surface area contributed by atoms with Crippen molar-refractivity contribution in [1.82, 2.24) is 10.0 Å². The van der Waals surface area contributed by atoms with Gasteiger partial charge in [0.1, 0.15) is 5.78 Å². The van der Waals surface area contributed by atoms with Crippen LogP contribution in [0.25, 0.3) is 0 Å². The van der Waals surface area contributed by atoms with Gasteiger partial charge in [0.05, 0.1) is 4.90 Å². The van der Waals surface area contributed by atoms with Crippen LogP contribution in [0.1, 0.15) is 63.9 Å². The van der Waals surface area contributed by atoms with Crippen molar-refractivity contribution in [1.29, 1.82) is 0 Å². The Hall–Kier alpha value is -1.89. The number of unbranched alkanes of at least 4 members (excludes halogenated alkanes) is 1. The maximum absolute atomic E-state index is 12.3. The largest absolute Gasteiger partial charge is 0.335 e. The van der Waals surface area contributed by atoms with Crippen LogP contribution in [-0.4, -0.2) is 26.3 Å². The summed E-state index contributed by atoms with van der Waals surface area (Å²) in [6, 6.07) is 5.46. The van der Waals surface area contributed by atoms with Gasteiger partial charge in [-0.1, -0.05) is 44.7 Å². The van der Waals surface area contributed by atoms with Crippen molar-refractivity contribution in [2.24, 2.45) is 0 Å². The first-order chi connectivity index (χ1) is 12.4. The molecule has 0 bridgehead atoms. The molecule has 1 aliphatic carbocycles. The lowest BCUT2D eigenvalue weighted by atomic mass is 9.96. The molecule has 0 aromatic heterocycles. The third-order valence-electron chi connectivity index (χ3n) is 4.61. The van der Waals surface area contributed by atoms with Crippen molar-refractivity contribution >= 4 is 21.8 Å². The molecular formula is C19H28N2O4S. The smallest absolute Gasteiger partial charge is 0.328 e. The Labute approximate surface area is 155 Å². The molecule has 0 radical (unpaired) electrons. The maximum atomic E-state index is 12.3. The number of hydrogen-bond acceptors (Lipinski definition) is 4. The van der Waals surface area contributed by atoms with Gasteiger partial charge in [-0.05, 0) is 37.0 Å². The molecule has 2 N–H and O–H groups in total. The zero-order valence-corrected chi connectivity index (χ0v) is 16.1. The summed E-state index contributed by atoms with van der Waals surface area (Å²) >= 11 is 0. The molecule has 1 aromatic rings. The minimum absolute atomic E-state index is 0.0149. The van der Waals surface area contributed by atoms with Gasteiger partial charge < -0.3 is 5.32 Å². The van der Waals surface area contributed by atoms with Crippen LogP contribution in [-0.2, 0) is 21.2 Å². The third-order valence-corrected chi connectivity index (χ3v) is 5.96. The first-order valence-electron chi connectivity index (χ1n) is 9.34. The van der Waals surface area contributed by atoms with Crippen LogP contribution in [0, 0.1) is 0 Å². The number of sulfonamides is 1. The highest BCUT2D eigenvalue weighted by atomic mass is 32.2. The molecule has 6 nitrogen and oxygen atoms in total. The van der Waals surface area contributed by atoms with E-state index in [4.69, 9.17) is 0 Å². The number of amides is 2. The summed E-state index contributed by atoms with van der Waals surface area (Å²) in [7, 11) is -3.92. The number of rotatable bonds is 8. The molecule has 1 fully saturated rings. The number of nitrogens with one attached hydrogen (secondary N) is 2. The minimum atomic E-state index is -3.92. The van der Waals surface area contributed by atoms with Crippen molar-refractivity contribution in [2.75, 3.05) is 0 Å². The first-order valence-corrected chi connectivity index (χ1v) is 10.8. The van der Waals surface area contributed by atoms with E-state index in [9.17, 15) is 18.0 Å². The zero-order chi connectivity index (χ0) is 19.0. The standard InChI is InChI=1S/C19H28N2O4S/c1-2-3-9-17(22)14-15-10-12-18(13-11-15)26(24,25)21-19(23)20-16-7-5-4-6-8-16/h10-13,16H,2-9,14H2,1H3,(H2,20,21,23). The lowest BCUT2D eigenvalue weighted by molar-refractivity contribution is -0.118. The molecule has 7 heteroatoms. The van der Waals surface area contributed by atoms with Crippen molar-refractivity contribution in [3.05, 3.63) is 29.8 Å². The van der Waals surface area contributed by atoms with E-state index in [-0.39, 0.29) is 16.7 Å². The van der Waals surface area contributed by atoms with E-state index in [1.54, 1.807) is 12.1 Å². The van der Waals surface area contributed by atoms with E-state index in [0.717, 1.165) is 50.5 Å². The van der Waals surface area contributed by atoms with Gasteiger partial charge >= 0.3 is 6.03 Å². The zero-order valence-electron chi connectivity index (χ0n) is 15.3. The fourth-order valence-corrected chi connectivity index (χ4v) is 4.03. The van der Waals surface area contributed by atoms with E-state index in [2.05, 4.69) is 10.0 Å². The summed E-state index contributed by atoms with van der Waals surface area (Å²) in [5.41, 5.74) is 0.775. The number of hydrogen-bond donors (Lipinski definition) is 2. The molecule has 0 heterocycles. The molecule has 0 spiro atoms. The van der Waals surface area contributed by atoms with Crippen molar-refractivity contribution < 1.29 is 18.0 Å². The minimum Gasteiger partial charge on any atom is -0.335 e. The summed E-state index contributed by atoms with van der Waals surface area (Å²) in [6.45, 7) is 2.03. The Morgan fingerprint density at radius 2 is 1.73 bits per heavy atom. The summed E-state index contributed by atoms with van der Waals surface area (Å²) in [6.07, 6.45) is 7.71. The average Bonchev–Trinajstić information content (AvgIpc) is 2.60. The molecule has 1 aliphatic rings. The topological polar surface area (TPSA) is 92.3 Å². The van der Waals surface area contributed by atoms with Crippen LogP contribution in [0.2, 0.25) is 0 Å². The lowest BCUT2D eigenvalue weighted by Gasteiger charge is -2.22. The summed E-state index contributed by atoms with van der Waals surface area (Å²) in [5.74, 6) is 0.146. The van der Waals surface area contributed by atoms with Gasteiger partial charge in [0, 0.05) is 18.9 Å². The predicted molar refractivity (Wildman–Crippen MR) is 100 cm³/mol. The van der Waals surface area contributed by atoms with Crippen molar-refractivity contribution in [3.63, 3.8) is 0 Å². The van der Waals surface area contributed by atoms with Crippen LogP contribution in [0.5, 0.6) is 0 Å². The van der Waals surface area contributed by atoms with Crippen LogP contribution in [0.15, 0.2) is 29.2 Å². The molecule has 0 atom stereocenters. The van der Waals surface area contributed by atoms with Crippen molar-refractivity contribution in [2.45, 2.75) is 75.6 Å². The quantitative estimate of drug-likeness (QED) is 0.724. The van der Waals surface area contributed by atoms with Gasteiger partial charge in [-0.25, -0.2) is 17.9 Å². The Kier molecular flexibility index (Phi) is 7.63. The SMILES string of the molecule is CCCCC(=O)Cc1ccc(S(=O)(=O)NC(=O)NC2CCCCC2)cc1. The Balaban J connectivity index is 1.91. The Bertz CT molecular complexity index is 708. The highest BCUT2D eigenvalue weighted by Crippen LogP contribution is 2.17. The van der Waals surface area contributed by atoms with Gasteiger partial charge in [-0.3, -0.25) is 4.79 Å². The maximum Gasteiger partial charge on any atom is 0.328 e. The van der Waals surface area contributed by atoms with Gasteiger partial charge in [0.2, 0.25) is 0 Å². The predicted octanol–water partition coefficient (Wildman–Crippen LogP) is 3.31. The van der Waals surface area contributed by atoms with E-state index >= 15 is 0 Å². The number of benzene rings is 1. The van der Waals surface area contributed by atoms with E-state index in [1.165, 1.54) is 12.1 Å². The normalized spacial score (nSPS) is 15.4. The van der Waals surface area contributed by atoms with E-state index in [1.807, 2.05) is 6.92 Å². The molecule has 0 unspecified atom stereocenters. The number of Topliss-reactive ketones (excluding diaryl/α,β-unsaturated/α-hetero) is 1. The number of ketones is 1. The highest BCUT2D eigenvalue weighted by molar-refractivity contribution is 7.90. The molecule has 0 aliphatic heterocycles. The Morgan fingerprint density at radius 3 is 2.35 bits per heavy atom. The molecule has 144 valence electrons.